The van der Waals surface area contributed by atoms with E-state index in [1.165, 1.54) is 6.08 Å². The summed E-state index contributed by atoms with van der Waals surface area (Å²) >= 11 is 0. The Bertz CT molecular complexity index is 171. The molecule has 2 nitrogen and oxygen atoms in total. The summed E-state index contributed by atoms with van der Waals surface area (Å²) < 4.78 is 0. The van der Waals surface area contributed by atoms with Gasteiger partial charge >= 0.3 is 0 Å². The molecule has 0 aliphatic carbocycles. The van der Waals surface area contributed by atoms with Crippen molar-refractivity contribution in [3.05, 3.63) is 24.8 Å². The van der Waals surface area contributed by atoms with Crippen molar-refractivity contribution < 1.29 is 10.2 Å². The van der Waals surface area contributed by atoms with Crippen LogP contribution >= 0.6 is 0 Å². The fourth-order valence-corrected chi connectivity index (χ4v) is 0.777. The number of hydrogen-bond donors (Lipinski definition) is 2. The quantitative estimate of drug-likeness (QED) is 0.616. The van der Waals surface area contributed by atoms with Crippen molar-refractivity contribution in [2.45, 2.75) is 38.4 Å². The SMILES string of the molecule is C=C[C@](C)(O)CCC(O)C(=C)C. The molecule has 0 rings (SSSR count). The van der Waals surface area contributed by atoms with Crippen molar-refractivity contribution in [1.82, 2.24) is 0 Å². The maximum Gasteiger partial charge on any atom is 0.0798 e. The number of aliphatic hydroxyl groups is 2. The summed E-state index contributed by atoms with van der Waals surface area (Å²) in [6, 6.07) is 0. The van der Waals surface area contributed by atoms with Crippen molar-refractivity contribution in [3.8, 4) is 0 Å². The lowest BCUT2D eigenvalue weighted by Gasteiger charge is -2.20. The maximum absolute atomic E-state index is 9.50. The van der Waals surface area contributed by atoms with Gasteiger partial charge in [-0.1, -0.05) is 18.2 Å². The van der Waals surface area contributed by atoms with Gasteiger partial charge in [-0.2, -0.15) is 0 Å². The van der Waals surface area contributed by atoms with E-state index < -0.39 is 11.7 Å². The Morgan fingerprint density at radius 3 is 2.50 bits per heavy atom. The van der Waals surface area contributed by atoms with Crippen LogP contribution in [0, 0.1) is 0 Å². The van der Waals surface area contributed by atoms with Gasteiger partial charge in [0, 0.05) is 0 Å². The fourth-order valence-electron chi connectivity index (χ4n) is 0.777. The van der Waals surface area contributed by atoms with E-state index in [1.807, 2.05) is 0 Å². The number of hydrogen-bond acceptors (Lipinski definition) is 2. The van der Waals surface area contributed by atoms with Crippen LogP contribution in [0.15, 0.2) is 24.8 Å². The first kappa shape index (κ1) is 11.4. The second kappa shape index (κ2) is 4.43. The van der Waals surface area contributed by atoms with Crippen LogP contribution in [0.2, 0.25) is 0 Å². The van der Waals surface area contributed by atoms with Crippen LogP contribution in [0.5, 0.6) is 0 Å². The molecule has 0 spiro atoms. The molecule has 0 aromatic heterocycles. The van der Waals surface area contributed by atoms with Crippen molar-refractivity contribution in [2.24, 2.45) is 0 Å². The zero-order valence-electron chi connectivity index (χ0n) is 7.88. The summed E-state index contributed by atoms with van der Waals surface area (Å²) in [7, 11) is 0. The monoisotopic (exact) mass is 170 g/mol. The van der Waals surface area contributed by atoms with Gasteiger partial charge in [0.1, 0.15) is 0 Å². The zero-order valence-corrected chi connectivity index (χ0v) is 7.88. The van der Waals surface area contributed by atoms with Crippen LogP contribution < -0.4 is 0 Å². The highest BCUT2D eigenvalue weighted by atomic mass is 16.3. The fraction of sp³-hybridized carbons (Fsp3) is 0.600. The lowest BCUT2D eigenvalue weighted by molar-refractivity contribution is 0.0811. The third-order valence-electron chi connectivity index (χ3n) is 1.93. The third-order valence-corrected chi connectivity index (χ3v) is 1.93. The molecule has 0 saturated heterocycles. The van der Waals surface area contributed by atoms with Gasteiger partial charge in [-0.15, -0.1) is 6.58 Å². The van der Waals surface area contributed by atoms with Crippen LogP contribution in [0.3, 0.4) is 0 Å². The van der Waals surface area contributed by atoms with Gasteiger partial charge in [-0.3, -0.25) is 0 Å². The lowest BCUT2D eigenvalue weighted by atomic mass is 9.96. The molecular formula is C10H18O2. The molecular weight excluding hydrogens is 152 g/mol. The minimum Gasteiger partial charge on any atom is -0.389 e. The molecule has 0 heterocycles. The average Bonchev–Trinajstić information content (AvgIpc) is 2.00. The first-order valence-corrected chi connectivity index (χ1v) is 4.08. The average molecular weight is 170 g/mol. The van der Waals surface area contributed by atoms with Gasteiger partial charge in [0.25, 0.3) is 0 Å². The Balaban J connectivity index is 3.83. The highest BCUT2D eigenvalue weighted by Crippen LogP contribution is 2.16. The van der Waals surface area contributed by atoms with Gasteiger partial charge < -0.3 is 10.2 Å². The molecule has 0 aromatic rings. The van der Waals surface area contributed by atoms with Crippen molar-refractivity contribution in [1.29, 1.82) is 0 Å². The summed E-state index contributed by atoms with van der Waals surface area (Å²) in [4.78, 5) is 0. The van der Waals surface area contributed by atoms with E-state index in [2.05, 4.69) is 13.2 Å². The summed E-state index contributed by atoms with van der Waals surface area (Å²) in [5.41, 5.74) is -0.147. The first-order chi connectivity index (χ1) is 5.39. The highest BCUT2D eigenvalue weighted by Gasteiger charge is 2.17. The molecule has 70 valence electrons. The molecule has 2 N–H and O–H groups in total. The minimum atomic E-state index is -0.879. The number of rotatable bonds is 5. The van der Waals surface area contributed by atoms with E-state index in [0.717, 1.165) is 5.57 Å². The predicted molar refractivity (Wildman–Crippen MR) is 50.9 cm³/mol. The van der Waals surface area contributed by atoms with E-state index in [1.54, 1.807) is 13.8 Å². The van der Waals surface area contributed by atoms with Crippen LogP contribution in [-0.2, 0) is 0 Å². The van der Waals surface area contributed by atoms with Crippen LogP contribution in [0.1, 0.15) is 26.7 Å². The van der Waals surface area contributed by atoms with Crippen LogP contribution in [-0.4, -0.2) is 21.9 Å². The molecule has 0 saturated carbocycles. The normalized spacial score (nSPS) is 18.0. The maximum atomic E-state index is 9.50. The summed E-state index contributed by atoms with van der Waals surface area (Å²) in [5.74, 6) is 0. The van der Waals surface area contributed by atoms with E-state index in [9.17, 15) is 10.2 Å². The summed E-state index contributed by atoms with van der Waals surface area (Å²) in [6.07, 6.45) is 1.99. The Kier molecular flexibility index (Phi) is 4.21. The third kappa shape index (κ3) is 4.31. The van der Waals surface area contributed by atoms with Gasteiger partial charge in [-0.05, 0) is 26.7 Å². The zero-order chi connectivity index (χ0) is 9.78. The lowest BCUT2D eigenvalue weighted by Crippen LogP contribution is -2.23. The smallest absolute Gasteiger partial charge is 0.0798 e. The van der Waals surface area contributed by atoms with Gasteiger partial charge in [0.05, 0.1) is 11.7 Å². The van der Waals surface area contributed by atoms with E-state index in [4.69, 9.17) is 0 Å². The highest BCUT2D eigenvalue weighted by molar-refractivity contribution is 4.99. The second-order valence-electron chi connectivity index (χ2n) is 3.46. The Morgan fingerprint density at radius 1 is 1.67 bits per heavy atom. The van der Waals surface area contributed by atoms with Crippen LogP contribution in [0.4, 0.5) is 0 Å². The van der Waals surface area contributed by atoms with E-state index in [-0.39, 0.29) is 0 Å². The molecule has 0 aliphatic rings. The molecule has 0 aliphatic heterocycles. The van der Waals surface area contributed by atoms with Crippen molar-refractivity contribution >= 4 is 0 Å². The van der Waals surface area contributed by atoms with Crippen molar-refractivity contribution in [2.75, 3.05) is 0 Å². The molecule has 12 heavy (non-hydrogen) atoms. The number of aliphatic hydroxyl groups excluding tert-OH is 1. The largest absolute Gasteiger partial charge is 0.389 e. The molecule has 1 unspecified atom stereocenters. The van der Waals surface area contributed by atoms with Gasteiger partial charge in [0.15, 0.2) is 0 Å². The van der Waals surface area contributed by atoms with Crippen LogP contribution in [0.25, 0.3) is 0 Å². The standard InChI is InChI=1S/C10H18O2/c1-5-10(4,12)7-6-9(11)8(2)3/h5,9,11-12H,1-2,6-7H2,3-4H3/t9?,10-/m0/s1. The van der Waals surface area contributed by atoms with Gasteiger partial charge in [0.2, 0.25) is 0 Å². The topological polar surface area (TPSA) is 40.5 Å². The molecule has 0 aromatic carbocycles. The first-order valence-electron chi connectivity index (χ1n) is 4.08. The molecule has 2 atom stereocenters. The van der Waals surface area contributed by atoms with E-state index >= 15 is 0 Å². The Hall–Kier alpha value is -0.600. The van der Waals surface area contributed by atoms with Gasteiger partial charge in [-0.25, -0.2) is 0 Å². The molecule has 2 heteroatoms. The Labute approximate surface area is 74.2 Å². The molecule has 0 amide bonds. The predicted octanol–water partition coefficient (Wildman–Crippen LogP) is 1.64. The second-order valence-corrected chi connectivity index (χ2v) is 3.46. The summed E-state index contributed by atoms with van der Waals surface area (Å²) in [6.45, 7) is 10.6. The summed E-state index contributed by atoms with van der Waals surface area (Å²) in [5, 5.41) is 18.8. The molecule has 0 radical (unpaired) electrons. The molecule has 0 bridgehead atoms. The minimum absolute atomic E-state index is 0.504. The Morgan fingerprint density at radius 2 is 2.17 bits per heavy atom. The molecule has 0 fully saturated rings. The van der Waals surface area contributed by atoms with Crippen molar-refractivity contribution in [3.63, 3.8) is 0 Å². The van der Waals surface area contributed by atoms with E-state index in [0.29, 0.717) is 12.8 Å².